The van der Waals surface area contributed by atoms with Gasteiger partial charge in [0.15, 0.2) is 0 Å². The maximum Gasteiger partial charge on any atom is 0.242 e. The van der Waals surface area contributed by atoms with Crippen molar-refractivity contribution in [1.82, 2.24) is 0 Å². The van der Waals surface area contributed by atoms with E-state index in [2.05, 4.69) is 10.6 Å². The van der Waals surface area contributed by atoms with Crippen LogP contribution in [0.15, 0.2) is 83.8 Å². The summed E-state index contributed by atoms with van der Waals surface area (Å²) in [4.78, 5) is 26.7. The summed E-state index contributed by atoms with van der Waals surface area (Å²) in [6.45, 7) is 0. The van der Waals surface area contributed by atoms with Gasteiger partial charge in [-0.3, -0.25) is 9.59 Å². The Kier molecular flexibility index (Phi) is 7.79. The highest BCUT2D eigenvalue weighted by Crippen LogP contribution is 2.37. The molecule has 2 amide bonds. The molecule has 0 aliphatic heterocycles. The summed E-state index contributed by atoms with van der Waals surface area (Å²) in [6, 6.07) is 23.1. The summed E-state index contributed by atoms with van der Waals surface area (Å²) >= 11 is 1.37. The van der Waals surface area contributed by atoms with E-state index in [0.717, 1.165) is 41.8 Å². The predicted octanol–water partition coefficient (Wildman–Crippen LogP) is 6.82. The first kappa shape index (κ1) is 23.1. The second-order valence-electron chi connectivity index (χ2n) is 8.23. The molecule has 0 saturated heterocycles. The molecule has 3 aromatic carbocycles. The van der Waals surface area contributed by atoms with Crippen LogP contribution in [-0.4, -0.2) is 11.8 Å². The van der Waals surface area contributed by atoms with Crippen molar-refractivity contribution >= 4 is 35.0 Å². The Morgan fingerprint density at radius 2 is 1.58 bits per heavy atom. The zero-order valence-corrected chi connectivity index (χ0v) is 19.1. The largest absolute Gasteiger partial charge is 0.326 e. The van der Waals surface area contributed by atoms with E-state index in [1.165, 1.54) is 24.2 Å². The highest BCUT2D eigenvalue weighted by atomic mass is 32.2. The van der Waals surface area contributed by atoms with Gasteiger partial charge in [-0.25, -0.2) is 4.39 Å². The maximum absolute atomic E-state index is 14.1. The molecule has 0 bridgehead atoms. The summed E-state index contributed by atoms with van der Waals surface area (Å²) in [7, 11) is 0. The van der Waals surface area contributed by atoms with Crippen LogP contribution in [0.5, 0.6) is 0 Å². The number of hydrogen-bond donors (Lipinski definition) is 2. The normalized spacial score (nSPS) is 14.9. The van der Waals surface area contributed by atoms with Gasteiger partial charge in [0.05, 0.1) is 5.69 Å². The smallest absolute Gasteiger partial charge is 0.242 e. The average Bonchev–Trinajstić information content (AvgIpc) is 2.85. The number of amides is 2. The Morgan fingerprint density at radius 3 is 2.33 bits per heavy atom. The summed E-state index contributed by atoms with van der Waals surface area (Å²) in [6.07, 6.45) is 5.28. The van der Waals surface area contributed by atoms with Crippen molar-refractivity contribution in [2.75, 3.05) is 10.6 Å². The molecule has 1 saturated carbocycles. The van der Waals surface area contributed by atoms with E-state index in [4.69, 9.17) is 0 Å². The molecule has 0 heterocycles. The quantitative estimate of drug-likeness (QED) is 0.379. The van der Waals surface area contributed by atoms with E-state index in [0.29, 0.717) is 0 Å². The van der Waals surface area contributed by atoms with Crippen LogP contribution in [0.2, 0.25) is 0 Å². The molecule has 4 nitrogen and oxygen atoms in total. The SMILES string of the molecule is O=C(Nc1cccc(SC(C(=O)Nc2ccccc2F)c2ccccc2)c1)C1CCCCC1. The van der Waals surface area contributed by atoms with Crippen LogP contribution in [0.25, 0.3) is 0 Å². The van der Waals surface area contributed by atoms with Crippen molar-refractivity contribution in [3.63, 3.8) is 0 Å². The predicted molar refractivity (Wildman–Crippen MR) is 132 cm³/mol. The van der Waals surface area contributed by atoms with E-state index < -0.39 is 11.1 Å². The lowest BCUT2D eigenvalue weighted by atomic mass is 9.88. The van der Waals surface area contributed by atoms with Gasteiger partial charge in [0, 0.05) is 16.5 Å². The molecule has 1 unspecified atom stereocenters. The number of rotatable bonds is 7. The van der Waals surface area contributed by atoms with E-state index in [-0.39, 0.29) is 23.4 Å². The van der Waals surface area contributed by atoms with Crippen LogP contribution in [-0.2, 0) is 9.59 Å². The minimum atomic E-state index is -0.588. The third-order valence-electron chi connectivity index (χ3n) is 5.80. The van der Waals surface area contributed by atoms with Gasteiger partial charge in [-0.15, -0.1) is 11.8 Å². The van der Waals surface area contributed by atoms with Crippen molar-refractivity contribution in [2.45, 2.75) is 42.2 Å². The van der Waals surface area contributed by atoms with Crippen LogP contribution in [0.3, 0.4) is 0 Å². The lowest BCUT2D eigenvalue weighted by Crippen LogP contribution is -2.24. The Balaban J connectivity index is 1.51. The molecule has 170 valence electrons. The molecule has 6 heteroatoms. The van der Waals surface area contributed by atoms with Gasteiger partial charge in [0.25, 0.3) is 0 Å². The number of carbonyl (C=O) groups is 2. The van der Waals surface area contributed by atoms with Crippen LogP contribution in [0.1, 0.15) is 42.9 Å². The number of hydrogen-bond acceptors (Lipinski definition) is 3. The van der Waals surface area contributed by atoms with E-state index in [9.17, 15) is 14.0 Å². The topological polar surface area (TPSA) is 58.2 Å². The van der Waals surface area contributed by atoms with Gasteiger partial charge in [0.1, 0.15) is 11.1 Å². The molecule has 3 aromatic rings. The van der Waals surface area contributed by atoms with Crippen LogP contribution in [0, 0.1) is 11.7 Å². The first-order valence-corrected chi connectivity index (χ1v) is 12.2. The molecular weight excluding hydrogens is 435 g/mol. The van der Waals surface area contributed by atoms with Gasteiger partial charge in [-0.05, 0) is 48.7 Å². The molecule has 33 heavy (non-hydrogen) atoms. The van der Waals surface area contributed by atoms with E-state index in [1.54, 1.807) is 18.2 Å². The fourth-order valence-corrected chi connectivity index (χ4v) is 5.14. The fourth-order valence-electron chi connectivity index (χ4n) is 4.05. The Hall–Kier alpha value is -3.12. The van der Waals surface area contributed by atoms with Gasteiger partial charge in [0.2, 0.25) is 11.8 Å². The number of nitrogens with one attached hydrogen (secondary N) is 2. The fraction of sp³-hybridized carbons (Fsp3) is 0.259. The Bertz CT molecular complexity index is 1100. The van der Waals surface area contributed by atoms with Gasteiger partial charge >= 0.3 is 0 Å². The number of carbonyl (C=O) groups excluding carboxylic acids is 2. The summed E-state index contributed by atoms with van der Waals surface area (Å²) < 4.78 is 14.1. The molecule has 1 aliphatic carbocycles. The lowest BCUT2D eigenvalue weighted by Gasteiger charge is -2.21. The monoisotopic (exact) mass is 462 g/mol. The van der Waals surface area contributed by atoms with Gasteiger partial charge in [-0.2, -0.15) is 0 Å². The standard InChI is InChI=1S/C27H27FN2O2S/c28-23-16-7-8-17-24(23)30-27(32)25(19-10-3-1-4-11-19)33-22-15-9-14-21(18-22)29-26(31)20-12-5-2-6-13-20/h1,3-4,7-11,14-18,20,25H,2,5-6,12-13H2,(H,29,31)(H,30,32). The minimum Gasteiger partial charge on any atom is -0.326 e. The van der Waals surface area contributed by atoms with E-state index in [1.807, 2.05) is 54.6 Å². The second kappa shape index (κ2) is 11.1. The third-order valence-corrected chi connectivity index (χ3v) is 7.05. The molecule has 0 radical (unpaired) electrons. The highest BCUT2D eigenvalue weighted by Gasteiger charge is 2.24. The molecule has 0 spiro atoms. The van der Waals surface area contributed by atoms with Gasteiger partial charge in [-0.1, -0.05) is 67.8 Å². The maximum atomic E-state index is 14.1. The number of benzene rings is 3. The van der Waals surface area contributed by atoms with Crippen molar-refractivity contribution in [2.24, 2.45) is 5.92 Å². The summed E-state index contributed by atoms with van der Waals surface area (Å²) in [5.41, 5.74) is 1.68. The zero-order chi connectivity index (χ0) is 23.0. The molecule has 2 N–H and O–H groups in total. The third kappa shape index (κ3) is 6.23. The second-order valence-corrected chi connectivity index (χ2v) is 9.41. The lowest BCUT2D eigenvalue weighted by molar-refractivity contribution is -0.120. The molecule has 1 aliphatic rings. The number of halogens is 1. The molecule has 4 rings (SSSR count). The highest BCUT2D eigenvalue weighted by molar-refractivity contribution is 8.00. The average molecular weight is 463 g/mol. The summed E-state index contributed by atoms with van der Waals surface area (Å²) in [5, 5.41) is 5.17. The van der Waals surface area contributed by atoms with Crippen molar-refractivity contribution in [3.8, 4) is 0 Å². The number of anilines is 2. The summed E-state index contributed by atoms with van der Waals surface area (Å²) in [5.74, 6) is -0.657. The molecule has 0 aromatic heterocycles. The molecule has 1 atom stereocenters. The zero-order valence-electron chi connectivity index (χ0n) is 18.3. The number of thioether (sulfide) groups is 1. The molecular formula is C27H27FN2O2S. The van der Waals surface area contributed by atoms with Crippen LogP contribution in [0.4, 0.5) is 15.8 Å². The number of para-hydroxylation sites is 1. The van der Waals surface area contributed by atoms with Crippen molar-refractivity contribution < 1.29 is 14.0 Å². The Labute approximate surface area is 198 Å². The first-order valence-electron chi connectivity index (χ1n) is 11.3. The van der Waals surface area contributed by atoms with Gasteiger partial charge < -0.3 is 10.6 Å². The first-order chi connectivity index (χ1) is 16.1. The molecule has 1 fully saturated rings. The van der Waals surface area contributed by atoms with Crippen LogP contribution >= 0.6 is 11.8 Å². The van der Waals surface area contributed by atoms with Crippen molar-refractivity contribution in [1.29, 1.82) is 0 Å². The minimum absolute atomic E-state index is 0.0637. The Morgan fingerprint density at radius 1 is 0.848 bits per heavy atom. The van der Waals surface area contributed by atoms with E-state index >= 15 is 0 Å². The van der Waals surface area contributed by atoms with Crippen LogP contribution < -0.4 is 10.6 Å². The van der Waals surface area contributed by atoms with Crippen molar-refractivity contribution in [3.05, 3.63) is 90.2 Å².